The number of ether oxygens (including phenoxy) is 1. The third kappa shape index (κ3) is 2.29. The molecular formula is C12H17NO2. The SMILES string of the molecule is COc1c(C)cc(N(C)C(C)=O)cc1C. The van der Waals surface area contributed by atoms with Gasteiger partial charge in [-0.1, -0.05) is 0 Å². The molecule has 0 bridgehead atoms. The van der Waals surface area contributed by atoms with Crippen LogP contribution in [-0.4, -0.2) is 20.1 Å². The van der Waals surface area contributed by atoms with Crippen LogP contribution in [0.3, 0.4) is 0 Å². The van der Waals surface area contributed by atoms with Crippen LogP contribution in [0.25, 0.3) is 0 Å². The Morgan fingerprint density at radius 2 is 1.73 bits per heavy atom. The van der Waals surface area contributed by atoms with Crippen molar-refractivity contribution in [3.63, 3.8) is 0 Å². The van der Waals surface area contributed by atoms with Gasteiger partial charge in [-0.05, 0) is 37.1 Å². The Morgan fingerprint density at radius 3 is 2.07 bits per heavy atom. The molecule has 0 aromatic heterocycles. The molecule has 0 unspecified atom stereocenters. The third-order valence-corrected chi connectivity index (χ3v) is 2.51. The van der Waals surface area contributed by atoms with Gasteiger partial charge < -0.3 is 9.64 Å². The Hall–Kier alpha value is -1.51. The highest BCUT2D eigenvalue weighted by Crippen LogP contribution is 2.28. The second kappa shape index (κ2) is 4.34. The molecule has 1 amide bonds. The second-order valence-electron chi connectivity index (χ2n) is 3.69. The minimum atomic E-state index is 0.0268. The molecule has 1 aromatic carbocycles. The lowest BCUT2D eigenvalue weighted by Crippen LogP contribution is -2.22. The van der Waals surface area contributed by atoms with Crippen LogP contribution < -0.4 is 9.64 Å². The molecule has 1 rings (SSSR count). The summed E-state index contributed by atoms with van der Waals surface area (Å²) in [6.07, 6.45) is 0. The van der Waals surface area contributed by atoms with Gasteiger partial charge in [-0.15, -0.1) is 0 Å². The zero-order valence-electron chi connectivity index (χ0n) is 9.92. The quantitative estimate of drug-likeness (QED) is 0.744. The fraction of sp³-hybridized carbons (Fsp3) is 0.417. The van der Waals surface area contributed by atoms with E-state index in [1.54, 1.807) is 26.0 Å². The molecule has 0 heterocycles. The van der Waals surface area contributed by atoms with Gasteiger partial charge in [-0.2, -0.15) is 0 Å². The van der Waals surface area contributed by atoms with Gasteiger partial charge in [0.2, 0.25) is 5.91 Å². The summed E-state index contributed by atoms with van der Waals surface area (Å²) in [5.74, 6) is 0.912. The van der Waals surface area contributed by atoms with Crippen molar-refractivity contribution in [2.75, 3.05) is 19.1 Å². The van der Waals surface area contributed by atoms with Crippen LogP contribution in [0.2, 0.25) is 0 Å². The van der Waals surface area contributed by atoms with E-state index in [-0.39, 0.29) is 5.91 Å². The molecule has 1 aromatic rings. The van der Waals surface area contributed by atoms with Gasteiger partial charge in [-0.3, -0.25) is 4.79 Å². The second-order valence-corrected chi connectivity index (χ2v) is 3.69. The average Bonchev–Trinajstić information content (AvgIpc) is 2.15. The van der Waals surface area contributed by atoms with Crippen LogP contribution in [-0.2, 0) is 4.79 Å². The van der Waals surface area contributed by atoms with Crippen LogP contribution in [0.15, 0.2) is 12.1 Å². The summed E-state index contributed by atoms with van der Waals surface area (Å²) < 4.78 is 5.27. The first-order chi connectivity index (χ1) is 6.97. The molecule has 0 saturated carbocycles. The topological polar surface area (TPSA) is 29.5 Å². The van der Waals surface area contributed by atoms with Gasteiger partial charge in [0.05, 0.1) is 7.11 Å². The molecule has 0 atom stereocenters. The number of rotatable bonds is 2. The van der Waals surface area contributed by atoms with Crippen LogP contribution in [0.4, 0.5) is 5.69 Å². The van der Waals surface area contributed by atoms with Gasteiger partial charge in [0.1, 0.15) is 5.75 Å². The molecular weight excluding hydrogens is 190 g/mol. The Kier molecular flexibility index (Phi) is 3.35. The van der Waals surface area contributed by atoms with Crippen molar-refractivity contribution < 1.29 is 9.53 Å². The van der Waals surface area contributed by atoms with E-state index in [1.165, 1.54) is 0 Å². The van der Waals surface area contributed by atoms with Crippen molar-refractivity contribution in [2.24, 2.45) is 0 Å². The van der Waals surface area contributed by atoms with Gasteiger partial charge in [0.15, 0.2) is 0 Å². The molecule has 0 aliphatic carbocycles. The molecule has 82 valence electrons. The average molecular weight is 207 g/mol. The van der Waals surface area contributed by atoms with Crippen molar-refractivity contribution >= 4 is 11.6 Å². The van der Waals surface area contributed by atoms with Gasteiger partial charge in [0, 0.05) is 19.7 Å². The highest BCUT2D eigenvalue weighted by molar-refractivity contribution is 5.91. The zero-order chi connectivity index (χ0) is 11.6. The van der Waals surface area contributed by atoms with Crippen molar-refractivity contribution in [3.05, 3.63) is 23.3 Å². The number of hydrogen-bond acceptors (Lipinski definition) is 2. The minimum Gasteiger partial charge on any atom is -0.496 e. The van der Waals surface area contributed by atoms with Crippen LogP contribution >= 0.6 is 0 Å². The molecule has 0 fully saturated rings. The summed E-state index contributed by atoms with van der Waals surface area (Å²) in [6.45, 7) is 5.50. The molecule has 0 spiro atoms. The molecule has 0 aliphatic rings. The van der Waals surface area contributed by atoms with E-state index in [2.05, 4.69) is 0 Å². The van der Waals surface area contributed by atoms with Crippen molar-refractivity contribution in [1.82, 2.24) is 0 Å². The number of anilines is 1. The van der Waals surface area contributed by atoms with E-state index < -0.39 is 0 Å². The smallest absolute Gasteiger partial charge is 0.223 e. The van der Waals surface area contributed by atoms with E-state index in [1.807, 2.05) is 26.0 Å². The van der Waals surface area contributed by atoms with E-state index >= 15 is 0 Å². The first kappa shape index (κ1) is 11.6. The van der Waals surface area contributed by atoms with Gasteiger partial charge >= 0.3 is 0 Å². The standard InChI is InChI=1S/C12H17NO2/c1-8-6-11(13(4)10(3)14)7-9(2)12(8)15-5/h6-7H,1-5H3. The number of benzene rings is 1. The third-order valence-electron chi connectivity index (χ3n) is 2.51. The fourth-order valence-corrected chi connectivity index (χ4v) is 1.62. The number of hydrogen-bond donors (Lipinski definition) is 0. The van der Waals surface area contributed by atoms with Crippen LogP contribution in [0.1, 0.15) is 18.1 Å². The lowest BCUT2D eigenvalue weighted by molar-refractivity contribution is -0.116. The maximum absolute atomic E-state index is 11.2. The monoisotopic (exact) mass is 207 g/mol. The van der Waals surface area contributed by atoms with E-state index in [0.717, 1.165) is 22.6 Å². The van der Waals surface area contributed by atoms with Crippen molar-refractivity contribution in [3.8, 4) is 5.75 Å². The normalized spacial score (nSPS) is 9.93. The summed E-state index contributed by atoms with van der Waals surface area (Å²) in [5, 5.41) is 0. The Morgan fingerprint density at radius 1 is 1.27 bits per heavy atom. The Labute approximate surface area is 90.7 Å². The largest absolute Gasteiger partial charge is 0.496 e. The maximum Gasteiger partial charge on any atom is 0.223 e. The highest BCUT2D eigenvalue weighted by atomic mass is 16.5. The van der Waals surface area contributed by atoms with Crippen LogP contribution in [0.5, 0.6) is 5.75 Å². The summed E-state index contributed by atoms with van der Waals surface area (Å²) in [6, 6.07) is 3.90. The van der Waals surface area contributed by atoms with E-state index in [0.29, 0.717) is 0 Å². The summed E-state index contributed by atoms with van der Waals surface area (Å²) in [4.78, 5) is 12.8. The molecule has 0 saturated heterocycles. The summed E-state index contributed by atoms with van der Waals surface area (Å²) >= 11 is 0. The van der Waals surface area contributed by atoms with E-state index in [9.17, 15) is 4.79 Å². The molecule has 0 aliphatic heterocycles. The van der Waals surface area contributed by atoms with Crippen LogP contribution in [0, 0.1) is 13.8 Å². The number of nitrogens with zero attached hydrogens (tertiary/aromatic N) is 1. The predicted octanol–water partition coefficient (Wildman–Crippen LogP) is 2.29. The first-order valence-electron chi connectivity index (χ1n) is 4.87. The summed E-state index contributed by atoms with van der Waals surface area (Å²) in [5.41, 5.74) is 2.99. The van der Waals surface area contributed by atoms with Crippen molar-refractivity contribution in [1.29, 1.82) is 0 Å². The number of carbonyl (C=O) groups excluding carboxylic acids is 1. The molecule has 0 N–H and O–H groups in total. The lowest BCUT2D eigenvalue weighted by Gasteiger charge is -2.18. The maximum atomic E-state index is 11.2. The Bertz CT molecular complexity index is 362. The van der Waals surface area contributed by atoms with Gasteiger partial charge in [0.25, 0.3) is 0 Å². The molecule has 15 heavy (non-hydrogen) atoms. The Balaban J connectivity index is 3.19. The first-order valence-corrected chi connectivity index (χ1v) is 4.87. The predicted molar refractivity (Wildman–Crippen MR) is 61.6 cm³/mol. The number of amides is 1. The number of methoxy groups -OCH3 is 1. The lowest BCUT2D eigenvalue weighted by atomic mass is 10.1. The zero-order valence-corrected chi connectivity index (χ0v) is 9.92. The van der Waals surface area contributed by atoms with E-state index in [4.69, 9.17) is 4.74 Å². The summed E-state index contributed by atoms with van der Waals surface area (Å²) in [7, 11) is 3.42. The number of aryl methyl sites for hydroxylation is 2. The molecule has 0 radical (unpaired) electrons. The minimum absolute atomic E-state index is 0.0268. The van der Waals surface area contributed by atoms with Crippen molar-refractivity contribution in [2.45, 2.75) is 20.8 Å². The molecule has 3 heteroatoms. The van der Waals surface area contributed by atoms with Gasteiger partial charge in [-0.25, -0.2) is 0 Å². The molecule has 3 nitrogen and oxygen atoms in total. The fourth-order valence-electron chi connectivity index (χ4n) is 1.62. The highest BCUT2D eigenvalue weighted by Gasteiger charge is 2.10. The number of carbonyl (C=O) groups is 1.